The van der Waals surface area contributed by atoms with Crippen molar-refractivity contribution in [2.24, 2.45) is 11.3 Å². The zero-order valence-electron chi connectivity index (χ0n) is 16.5. The van der Waals surface area contributed by atoms with Gasteiger partial charge in [0.15, 0.2) is 0 Å². The summed E-state index contributed by atoms with van der Waals surface area (Å²) in [5, 5.41) is 5.67. The van der Waals surface area contributed by atoms with Crippen LogP contribution in [0, 0.1) is 11.3 Å². The van der Waals surface area contributed by atoms with Gasteiger partial charge in [-0.1, -0.05) is 20.8 Å². The lowest BCUT2D eigenvalue weighted by molar-refractivity contribution is -0.140. The van der Waals surface area contributed by atoms with E-state index in [0.29, 0.717) is 6.54 Å². The molecule has 0 aromatic rings. The quantitative estimate of drug-likeness (QED) is 0.409. The van der Waals surface area contributed by atoms with Gasteiger partial charge in [-0.05, 0) is 18.3 Å². The van der Waals surface area contributed by atoms with Gasteiger partial charge >= 0.3 is 5.97 Å². The molecule has 1 saturated heterocycles. The number of hydrogen-bond acceptors (Lipinski definition) is 6. The highest BCUT2D eigenvalue weighted by atomic mass is 31.2. The molecule has 0 aliphatic carbocycles. The van der Waals surface area contributed by atoms with Gasteiger partial charge in [0.25, 0.3) is 7.52 Å². The lowest BCUT2D eigenvalue weighted by Gasteiger charge is -2.32. The third kappa shape index (κ3) is 8.16. The Morgan fingerprint density at radius 3 is 2.65 bits per heavy atom. The average Bonchev–Trinajstić information content (AvgIpc) is 3.11. The smallest absolute Gasteiger partial charge is 0.307 e. The average molecular weight is 392 g/mol. The summed E-state index contributed by atoms with van der Waals surface area (Å²) in [5.41, 5.74) is -0.521. The van der Waals surface area contributed by atoms with E-state index >= 15 is 0 Å². The van der Waals surface area contributed by atoms with Gasteiger partial charge in [-0.2, -0.15) is 0 Å². The first kappa shape index (κ1) is 23.1. The second kappa shape index (κ2) is 10.4. The number of hydrogen-bond donors (Lipinski definition) is 2. The van der Waals surface area contributed by atoms with E-state index in [1.807, 2.05) is 13.8 Å². The standard InChI is InChI=1S/C17H33N2O6P/c1-13(16(21)18-9-8-15(20)23-4)17(2,3)12-25-26(5,22)19-11-14-7-6-10-24-14/h13-14H,6-12H2,1-5H3,(H,18,21)(H,19,22)/t13-,14?,26?/m0/s1. The van der Waals surface area contributed by atoms with Crippen LogP contribution >= 0.6 is 7.52 Å². The predicted molar refractivity (Wildman–Crippen MR) is 99.0 cm³/mol. The Morgan fingerprint density at radius 1 is 1.38 bits per heavy atom. The number of rotatable bonds is 11. The first-order valence-corrected chi connectivity index (χ1v) is 11.1. The van der Waals surface area contributed by atoms with Gasteiger partial charge in [-0.25, -0.2) is 5.09 Å². The molecular formula is C17H33N2O6P. The van der Waals surface area contributed by atoms with Crippen molar-refractivity contribution in [3.63, 3.8) is 0 Å². The number of esters is 1. The van der Waals surface area contributed by atoms with E-state index in [1.54, 1.807) is 13.6 Å². The third-order valence-corrected chi connectivity index (χ3v) is 6.11. The monoisotopic (exact) mass is 392 g/mol. The van der Waals surface area contributed by atoms with Crippen molar-refractivity contribution in [2.45, 2.75) is 46.1 Å². The van der Waals surface area contributed by atoms with E-state index in [1.165, 1.54) is 7.11 Å². The number of carbonyl (C=O) groups excluding carboxylic acids is 2. The van der Waals surface area contributed by atoms with Crippen LogP contribution in [-0.2, 0) is 28.2 Å². The molecule has 2 N–H and O–H groups in total. The maximum atomic E-state index is 12.5. The zero-order chi connectivity index (χ0) is 19.8. The lowest BCUT2D eigenvalue weighted by atomic mass is 9.80. The zero-order valence-corrected chi connectivity index (χ0v) is 17.4. The number of methoxy groups -OCH3 is 1. The first-order chi connectivity index (χ1) is 12.1. The Balaban J connectivity index is 2.40. The largest absolute Gasteiger partial charge is 0.469 e. The molecule has 0 radical (unpaired) electrons. The van der Waals surface area contributed by atoms with E-state index in [9.17, 15) is 14.2 Å². The van der Waals surface area contributed by atoms with Crippen molar-refractivity contribution < 1.29 is 28.2 Å². The number of amides is 1. The highest BCUT2D eigenvalue weighted by molar-refractivity contribution is 7.56. The van der Waals surface area contributed by atoms with Crippen molar-refractivity contribution in [1.82, 2.24) is 10.4 Å². The van der Waals surface area contributed by atoms with Gasteiger partial charge in [0.05, 0.1) is 26.2 Å². The third-order valence-electron chi connectivity index (χ3n) is 4.73. The molecule has 26 heavy (non-hydrogen) atoms. The van der Waals surface area contributed by atoms with E-state index < -0.39 is 12.9 Å². The van der Waals surface area contributed by atoms with Gasteiger partial charge in [0, 0.05) is 32.3 Å². The van der Waals surface area contributed by atoms with E-state index in [2.05, 4.69) is 15.1 Å². The van der Waals surface area contributed by atoms with Gasteiger partial charge in [-0.15, -0.1) is 0 Å². The summed E-state index contributed by atoms with van der Waals surface area (Å²) in [7, 11) is -1.66. The molecule has 9 heteroatoms. The van der Waals surface area contributed by atoms with Crippen LogP contribution in [0.2, 0.25) is 0 Å². The fourth-order valence-corrected chi connectivity index (χ4v) is 3.64. The molecule has 1 heterocycles. The normalized spacial score (nSPS) is 21.0. The minimum atomic E-state index is -2.97. The topological polar surface area (TPSA) is 103 Å². The summed E-state index contributed by atoms with van der Waals surface area (Å²) >= 11 is 0. The molecule has 2 unspecified atom stereocenters. The second-order valence-electron chi connectivity index (χ2n) is 7.44. The van der Waals surface area contributed by atoms with Crippen molar-refractivity contribution in [3.8, 4) is 0 Å². The highest BCUT2D eigenvalue weighted by Crippen LogP contribution is 2.41. The fourth-order valence-electron chi connectivity index (χ4n) is 2.43. The summed E-state index contributed by atoms with van der Waals surface area (Å²) in [6.45, 7) is 8.74. The van der Waals surface area contributed by atoms with Crippen LogP contribution in [-0.4, -0.2) is 58.1 Å². The molecule has 1 aliphatic heterocycles. The van der Waals surface area contributed by atoms with Crippen LogP contribution in [0.4, 0.5) is 0 Å². The van der Waals surface area contributed by atoms with E-state index in [4.69, 9.17) is 9.26 Å². The van der Waals surface area contributed by atoms with Crippen molar-refractivity contribution in [2.75, 3.05) is 40.1 Å². The molecule has 1 fully saturated rings. The summed E-state index contributed by atoms with van der Waals surface area (Å²) in [4.78, 5) is 23.4. The number of ether oxygens (including phenoxy) is 2. The molecule has 0 aromatic heterocycles. The van der Waals surface area contributed by atoms with Crippen molar-refractivity contribution >= 4 is 19.4 Å². The van der Waals surface area contributed by atoms with E-state index in [-0.39, 0.29) is 43.5 Å². The molecule has 0 spiro atoms. The van der Waals surface area contributed by atoms with Crippen LogP contribution in [0.3, 0.4) is 0 Å². The molecule has 1 amide bonds. The fraction of sp³-hybridized carbons (Fsp3) is 0.882. The molecule has 8 nitrogen and oxygen atoms in total. The summed E-state index contributed by atoms with van der Waals surface area (Å²) in [5.74, 6) is -0.927. The van der Waals surface area contributed by atoms with Crippen molar-refractivity contribution in [1.29, 1.82) is 0 Å². The van der Waals surface area contributed by atoms with Crippen LogP contribution in [0.25, 0.3) is 0 Å². The molecule has 1 aliphatic rings. The predicted octanol–water partition coefficient (Wildman–Crippen LogP) is 1.94. The van der Waals surface area contributed by atoms with Crippen LogP contribution in [0.1, 0.15) is 40.0 Å². The minimum Gasteiger partial charge on any atom is -0.469 e. The Kier molecular flexibility index (Phi) is 9.24. The van der Waals surface area contributed by atoms with Crippen LogP contribution < -0.4 is 10.4 Å². The molecule has 1 rings (SSSR count). The molecule has 0 saturated carbocycles. The van der Waals surface area contributed by atoms with Gasteiger partial charge < -0.3 is 19.3 Å². The summed E-state index contributed by atoms with van der Waals surface area (Å²) < 4.78 is 28.2. The second-order valence-corrected chi connectivity index (χ2v) is 9.71. The molecule has 152 valence electrons. The van der Waals surface area contributed by atoms with Crippen LogP contribution in [0.5, 0.6) is 0 Å². The molecule has 3 atom stereocenters. The maximum absolute atomic E-state index is 12.5. The lowest BCUT2D eigenvalue weighted by Crippen LogP contribution is -2.40. The number of carbonyl (C=O) groups is 2. The van der Waals surface area contributed by atoms with Gasteiger partial charge in [0.1, 0.15) is 0 Å². The minimum absolute atomic E-state index is 0.0828. The summed E-state index contributed by atoms with van der Waals surface area (Å²) in [6.07, 6.45) is 2.20. The Bertz CT molecular complexity index is 519. The maximum Gasteiger partial charge on any atom is 0.307 e. The van der Waals surface area contributed by atoms with Crippen molar-refractivity contribution in [3.05, 3.63) is 0 Å². The number of nitrogens with one attached hydrogen (secondary N) is 2. The molecule has 0 bridgehead atoms. The highest BCUT2D eigenvalue weighted by Gasteiger charge is 2.34. The van der Waals surface area contributed by atoms with E-state index in [0.717, 1.165) is 19.4 Å². The Morgan fingerprint density at radius 2 is 2.08 bits per heavy atom. The van der Waals surface area contributed by atoms with Gasteiger partial charge in [-0.3, -0.25) is 14.2 Å². The SMILES string of the molecule is COC(=O)CCNC(=O)[C@H](C)C(C)(C)COP(C)(=O)NCC1CCCO1. The molecular weight excluding hydrogens is 359 g/mol. The Labute approximate surface area is 156 Å². The first-order valence-electron chi connectivity index (χ1n) is 9.01. The van der Waals surface area contributed by atoms with Gasteiger partial charge in [0.2, 0.25) is 5.91 Å². The molecule has 0 aromatic carbocycles. The summed E-state index contributed by atoms with van der Waals surface area (Å²) in [6, 6.07) is 0. The van der Waals surface area contributed by atoms with Crippen LogP contribution in [0.15, 0.2) is 0 Å². The Hall–Kier alpha value is -0.950.